The number of aromatic nitrogens is 1. The number of rotatable bonds is 5. The van der Waals surface area contributed by atoms with Crippen molar-refractivity contribution < 1.29 is 18.7 Å². The summed E-state index contributed by atoms with van der Waals surface area (Å²) < 4.78 is 26.0. The van der Waals surface area contributed by atoms with Gasteiger partial charge in [0.1, 0.15) is 17.2 Å². The zero-order valence-corrected chi connectivity index (χ0v) is 18.7. The molecule has 158 valence electrons. The minimum atomic E-state index is -0.604. The van der Waals surface area contributed by atoms with E-state index in [1.54, 1.807) is 63.4 Å². The quantitative estimate of drug-likeness (QED) is 0.480. The molecule has 1 amide bonds. The van der Waals surface area contributed by atoms with E-state index in [1.807, 2.05) is 0 Å². The third kappa shape index (κ3) is 5.49. The summed E-state index contributed by atoms with van der Waals surface area (Å²) in [5.41, 5.74) is 0.871. The second kappa shape index (κ2) is 9.02. The molecule has 5 nitrogen and oxygen atoms in total. The first kappa shape index (κ1) is 22.1. The minimum absolute atomic E-state index is 0.317. The Balaban J connectivity index is 1.84. The molecule has 0 spiro atoms. The molecule has 0 saturated heterocycles. The fourth-order valence-electron chi connectivity index (χ4n) is 2.85. The lowest BCUT2D eigenvalue weighted by Crippen LogP contribution is -2.27. The molecule has 3 aromatic rings. The maximum Gasteiger partial charge on any atom is 0.413 e. The van der Waals surface area contributed by atoms with Gasteiger partial charge in [0, 0.05) is 22.5 Å². The van der Waals surface area contributed by atoms with Gasteiger partial charge in [-0.3, -0.25) is 5.32 Å². The number of ether oxygens (including phenoxy) is 2. The van der Waals surface area contributed by atoms with Crippen LogP contribution >= 0.6 is 22.9 Å². The summed E-state index contributed by atoms with van der Waals surface area (Å²) in [6, 6.07) is 10.4. The maximum atomic E-state index is 15.4. The molecule has 30 heavy (non-hydrogen) atoms. The van der Waals surface area contributed by atoms with Crippen molar-refractivity contribution in [1.29, 1.82) is 0 Å². The van der Waals surface area contributed by atoms with Crippen molar-refractivity contribution in [1.82, 2.24) is 4.98 Å². The molecule has 0 atom stereocenters. The summed E-state index contributed by atoms with van der Waals surface area (Å²) in [7, 11) is 1.50. The molecule has 0 aliphatic carbocycles. The van der Waals surface area contributed by atoms with Crippen LogP contribution in [-0.2, 0) is 11.2 Å². The lowest BCUT2D eigenvalue weighted by atomic mass is 9.99. The largest absolute Gasteiger partial charge is 0.496 e. The van der Waals surface area contributed by atoms with E-state index in [9.17, 15) is 4.79 Å². The first-order chi connectivity index (χ1) is 14.2. The number of halogens is 2. The third-order valence-electron chi connectivity index (χ3n) is 4.04. The summed E-state index contributed by atoms with van der Waals surface area (Å²) >= 11 is 7.34. The normalized spacial score (nSPS) is 11.3. The lowest BCUT2D eigenvalue weighted by molar-refractivity contribution is 0.0636. The highest BCUT2D eigenvalue weighted by molar-refractivity contribution is 7.15. The van der Waals surface area contributed by atoms with E-state index in [-0.39, 0.29) is 5.82 Å². The SMILES string of the molecule is COc1ccc(Cc2cnc(NC(=O)OC(C)(C)C)s2)c(F)c1-c1cccc(Cl)c1. The van der Waals surface area contributed by atoms with Crippen molar-refractivity contribution in [3.63, 3.8) is 0 Å². The van der Waals surface area contributed by atoms with Gasteiger partial charge >= 0.3 is 6.09 Å². The smallest absolute Gasteiger partial charge is 0.413 e. The standard InChI is InChI=1S/C22H22ClFN2O3S/c1-22(2,3)29-21(27)26-20-25-12-16(30-20)11-14-8-9-17(28-4)18(19(14)24)13-6-5-7-15(23)10-13/h5-10,12H,11H2,1-4H3,(H,25,26,27). The van der Waals surface area contributed by atoms with Gasteiger partial charge in [-0.15, -0.1) is 11.3 Å². The fraction of sp³-hybridized carbons (Fsp3) is 0.273. The van der Waals surface area contributed by atoms with Crippen LogP contribution in [0.5, 0.6) is 5.75 Å². The molecular formula is C22H22ClFN2O3S. The van der Waals surface area contributed by atoms with E-state index >= 15 is 4.39 Å². The number of nitrogens with zero attached hydrogens (tertiary/aromatic N) is 1. The molecule has 1 heterocycles. The van der Waals surface area contributed by atoms with Gasteiger partial charge in [-0.2, -0.15) is 0 Å². The topological polar surface area (TPSA) is 60.5 Å². The van der Waals surface area contributed by atoms with E-state index < -0.39 is 11.7 Å². The van der Waals surface area contributed by atoms with Crippen molar-refractivity contribution in [3.05, 3.63) is 63.9 Å². The number of thiazole rings is 1. The molecule has 0 unspecified atom stereocenters. The molecule has 0 radical (unpaired) electrons. The second-order valence-electron chi connectivity index (χ2n) is 7.56. The second-order valence-corrected chi connectivity index (χ2v) is 9.11. The van der Waals surface area contributed by atoms with Crippen LogP contribution in [0.2, 0.25) is 5.02 Å². The van der Waals surface area contributed by atoms with E-state index in [4.69, 9.17) is 21.1 Å². The van der Waals surface area contributed by atoms with E-state index in [1.165, 1.54) is 18.4 Å². The van der Waals surface area contributed by atoms with Gasteiger partial charge in [-0.25, -0.2) is 14.2 Å². The summed E-state index contributed by atoms with van der Waals surface area (Å²) in [6.45, 7) is 5.34. The average Bonchev–Trinajstić information content (AvgIpc) is 3.08. The molecule has 0 aliphatic heterocycles. The van der Waals surface area contributed by atoms with Crippen LogP contribution in [0, 0.1) is 5.82 Å². The Bertz CT molecular complexity index is 1060. The number of methoxy groups -OCH3 is 1. The summed E-state index contributed by atoms with van der Waals surface area (Å²) in [5.74, 6) is 0.0433. The highest BCUT2D eigenvalue weighted by Gasteiger charge is 2.19. The van der Waals surface area contributed by atoms with Crippen molar-refractivity contribution in [3.8, 4) is 16.9 Å². The number of carbonyl (C=O) groups excluding carboxylic acids is 1. The number of amides is 1. The van der Waals surface area contributed by atoms with Crippen LogP contribution in [0.15, 0.2) is 42.6 Å². The predicted octanol–water partition coefficient (Wildman–Crippen LogP) is 6.55. The van der Waals surface area contributed by atoms with Crippen molar-refractivity contribution in [2.75, 3.05) is 12.4 Å². The van der Waals surface area contributed by atoms with Crippen LogP contribution in [0.3, 0.4) is 0 Å². The number of hydrogen-bond donors (Lipinski definition) is 1. The van der Waals surface area contributed by atoms with Crippen LogP contribution in [0.1, 0.15) is 31.2 Å². The Kier molecular flexibility index (Phi) is 6.63. The summed E-state index contributed by atoms with van der Waals surface area (Å²) in [4.78, 5) is 16.9. The Hall–Kier alpha value is -2.64. The van der Waals surface area contributed by atoms with Gasteiger partial charge in [0.15, 0.2) is 5.13 Å². The van der Waals surface area contributed by atoms with Crippen LogP contribution in [0.4, 0.5) is 14.3 Å². The van der Waals surface area contributed by atoms with Crippen LogP contribution < -0.4 is 10.1 Å². The molecule has 0 aliphatic rings. The predicted molar refractivity (Wildman–Crippen MR) is 118 cm³/mol. The Morgan fingerprint density at radius 1 is 1.27 bits per heavy atom. The fourth-order valence-corrected chi connectivity index (χ4v) is 3.86. The van der Waals surface area contributed by atoms with Gasteiger partial charge in [-0.1, -0.05) is 29.8 Å². The number of nitrogens with one attached hydrogen (secondary N) is 1. The number of carbonyl (C=O) groups is 1. The Morgan fingerprint density at radius 2 is 2.03 bits per heavy atom. The Labute approximate surface area is 183 Å². The average molecular weight is 449 g/mol. The van der Waals surface area contributed by atoms with Crippen molar-refractivity contribution >= 4 is 34.2 Å². The molecule has 2 aromatic carbocycles. The molecule has 0 fully saturated rings. The number of benzene rings is 2. The zero-order chi connectivity index (χ0) is 21.9. The zero-order valence-electron chi connectivity index (χ0n) is 17.1. The molecule has 8 heteroatoms. The molecule has 0 bridgehead atoms. The van der Waals surface area contributed by atoms with Crippen molar-refractivity contribution in [2.24, 2.45) is 0 Å². The van der Waals surface area contributed by atoms with Gasteiger partial charge in [0.2, 0.25) is 0 Å². The van der Waals surface area contributed by atoms with E-state index in [0.29, 0.717) is 39.0 Å². The molecular weight excluding hydrogens is 427 g/mol. The van der Waals surface area contributed by atoms with Gasteiger partial charge < -0.3 is 9.47 Å². The minimum Gasteiger partial charge on any atom is -0.496 e. The van der Waals surface area contributed by atoms with E-state index in [0.717, 1.165) is 4.88 Å². The van der Waals surface area contributed by atoms with Gasteiger partial charge in [0.25, 0.3) is 0 Å². The highest BCUT2D eigenvalue weighted by Crippen LogP contribution is 2.36. The molecule has 0 saturated carbocycles. The molecule has 1 N–H and O–H groups in total. The monoisotopic (exact) mass is 448 g/mol. The van der Waals surface area contributed by atoms with Gasteiger partial charge in [0.05, 0.1) is 12.7 Å². The summed E-state index contributed by atoms with van der Waals surface area (Å²) in [6.07, 6.45) is 1.35. The Morgan fingerprint density at radius 3 is 2.70 bits per heavy atom. The molecule has 1 aromatic heterocycles. The third-order valence-corrected chi connectivity index (χ3v) is 5.19. The van der Waals surface area contributed by atoms with Crippen molar-refractivity contribution in [2.45, 2.75) is 32.8 Å². The van der Waals surface area contributed by atoms with Crippen LogP contribution in [0.25, 0.3) is 11.1 Å². The molecule has 3 rings (SSSR count). The first-order valence-electron chi connectivity index (χ1n) is 9.22. The summed E-state index contributed by atoms with van der Waals surface area (Å²) in [5, 5.41) is 3.50. The number of anilines is 1. The lowest BCUT2D eigenvalue weighted by Gasteiger charge is -2.18. The number of hydrogen-bond acceptors (Lipinski definition) is 5. The first-order valence-corrected chi connectivity index (χ1v) is 10.4. The highest BCUT2D eigenvalue weighted by atomic mass is 35.5. The van der Waals surface area contributed by atoms with Crippen LogP contribution in [-0.4, -0.2) is 23.8 Å². The van der Waals surface area contributed by atoms with E-state index in [2.05, 4.69) is 10.3 Å². The van der Waals surface area contributed by atoms with Gasteiger partial charge in [-0.05, 0) is 50.1 Å². The maximum absolute atomic E-state index is 15.4.